The van der Waals surface area contributed by atoms with E-state index in [0.717, 1.165) is 65.1 Å². The molecule has 158 valence electrons. The van der Waals surface area contributed by atoms with Gasteiger partial charge in [-0.3, -0.25) is 0 Å². The zero-order valence-corrected chi connectivity index (χ0v) is 17.9. The quantitative estimate of drug-likeness (QED) is 0.554. The number of benzene rings is 2. The fraction of sp³-hybridized carbons (Fsp3) is 0.400. The number of nitrogens with zero attached hydrogens (tertiary/aromatic N) is 1. The van der Waals surface area contributed by atoms with Crippen LogP contribution in [0, 0.1) is 19.7 Å². The van der Waals surface area contributed by atoms with Crippen molar-refractivity contribution in [1.29, 1.82) is 0 Å². The minimum atomic E-state index is -0.299. The summed E-state index contributed by atoms with van der Waals surface area (Å²) in [7, 11) is 1.69. The van der Waals surface area contributed by atoms with Crippen LogP contribution >= 0.6 is 0 Å². The van der Waals surface area contributed by atoms with Crippen molar-refractivity contribution < 1.29 is 13.7 Å². The summed E-state index contributed by atoms with van der Waals surface area (Å²) in [5.74, 6) is 1.56. The van der Waals surface area contributed by atoms with Crippen molar-refractivity contribution in [3.05, 3.63) is 82.0 Å². The number of methoxy groups -OCH3 is 1. The molecule has 0 amide bonds. The number of halogens is 1. The van der Waals surface area contributed by atoms with Crippen LogP contribution in [0.3, 0.4) is 0 Å². The first-order valence-electron chi connectivity index (χ1n) is 10.6. The van der Waals surface area contributed by atoms with Gasteiger partial charge in [-0.1, -0.05) is 48.3 Å². The molecule has 2 aromatic carbocycles. The molecule has 30 heavy (non-hydrogen) atoms. The third-order valence-electron chi connectivity index (χ3n) is 6.37. The van der Waals surface area contributed by atoms with Crippen molar-refractivity contribution in [2.75, 3.05) is 7.11 Å². The summed E-state index contributed by atoms with van der Waals surface area (Å²) in [5, 5.41) is 7.77. The van der Waals surface area contributed by atoms with Gasteiger partial charge in [0.2, 0.25) is 0 Å². The van der Waals surface area contributed by atoms with E-state index >= 15 is 0 Å². The monoisotopic (exact) mass is 408 g/mol. The number of hydrogen-bond donors (Lipinski definition) is 1. The standard InChI is InChI=1S/C25H29FN2O2/c1-17-21(18(2)30-28-17)15-20-14-19(10-11-24(20)29-3)16-27-25(12-6-7-13-25)22-8-4-5-9-23(22)26/h4-5,8-11,14,27H,6-7,12-13,15-16H2,1-3H3. The van der Waals surface area contributed by atoms with Crippen LogP contribution in [0.5, 0.6) is 5.75 Å². The molecule has 0 bridgehead atoms. The molecule has 1 aromatic heterocycles. The lowest BCUT2D eigenvalue weighted by atomic mass is 9.87. The van der Waals surface area contributed by atoms with Crippen LogP contribution < -0.4 is 10.1 Å². The SMILES string of the molecule is COc1ccc(CNC2(c3ccccc3F)CCCC2)cc1Cc1c(C)noc1C. The molecule has 1 saturated carbocycles. The lowest BCUT2D eigenvalue weighted by Crippen LogP contribution is -2.40. The van der Waals surface area contributed by atoms with Crippen LogP contribution in [-0.4, -0.2) is 12.3 Å². The zero-order chi connectivity index (χ0) is 21.1. The molecule has 0 aliphatic heterocycles. The van der Waals surface area contributed by atoms with Gasteiger partial charge in [-0.2, -0.15) is 0 Å². The average molecular weight is 409 g/mol. The first-order chi connectivity index (χ1) is 14.5. The number of nitrogens with one attached hydrogen (secondary N) is 1. The Labute approximate surface area is 177 Å². The van der Waals surface area contributed by atoms with E-state index in [2.05, 4.69) is 22.6 Å². The number of rotatable bonds is 7. The number of ether oxygens (including phenoxy) is 1. The summed E-state index contributed by atoms with van der Waals surface area (Å²) in [6.45, 7) is 4.57. The summed E-state index contributed by atoms with van der Waals surface area (Å²) in [4.78, 5) is 0. The molecule has 5 heteroatoms. The van der Waals surface area contributed by atoms with E-state index in [-0.39, 0.29) is 11.4 Å². The van der Waals surface area contributed by atoms with Gasteiger partial charge in [-0.25, -0.2) is 4.39 Å². The predicted octanol–water partition coefficient (Wildman–Crippen LogP) is 5.59. The number of aromatic nitrogens is 1. The van der Waals surface area contributed by atoms with Gasteiger partial charge in [-0.15, -0.1) is 0 Å². The van der Waals surface area contributed by atoms with E-state index in [4.69, 9.17) is 9.26 Å². The Hall–Kier alpha value is -2.66. The van der Waals surface area contributed by atoms with Crippen LogP contribution in [0.2, 0.25) is 0 Å². The second-order valence-electron chi connectivity index (χ2n) is 8.25. The molecule has 1 N–H and O–H groups in total. The lowest BCUT2D eigenvalue weighted by Gasteiger charge is -2.32. The molecule has 1 heterocycles. The number of aryl methyl sites for hydroxylation is 2. The van der Waals surface area contributed by atoms with Crippen molar-refractivity contribution in [2.24, 2.45) is 0 Å². The van der Waals surface area contributed by atoms with Crippen LogP contribution in [0.15, 0.2) is 47.0 Å². The van der Waals surface area contributed by atoms with Gasteiger partial charge in [0, 0.05) is 29.6 Å². The maximum Gasteiger partial charge on any atom is 0.137 e. The lowest BCUT2D eigenvalue weighted by molar-refractivity contribution is 0.325. The Morgan fingerprint density at radius 3 is 2.57 bits per heavy atom. The smallest absolute Gasteiger partial charge is 0.137 e. The highest BCUT2D eigenvalue weighted by atomic mass is 19.1. The van der Waals surface area contributed by atoms with E-state index in [0.29, 0.717) is 13.0 Å². The Bertz CT molecular complexity index is 1000. The molecule has 1 fully saturated rings. The molecular formula is C25H29FN2O2. The van der Waals surface area contributed by atoms with E-state index in [1.165, 1.54) is 0 Å². The largest absolute Gasteiger partial charge is 0.496 e. The molecular weight excluding hydrogens is 379 g/mol. The Morgan fingerprint density at radius 1 is 1.13 bits per heavy atom. The molecule has 3 aromatic rings. The summed E-state index contributed by atoms with van der Waals surface area (Å²) in [6, 6.07) is 13.4. The van der Waals surface area contributed by atoms with Crippen molar-refractivity contribution >= 4 is 0 Å². The highest BCUT2D eigenvalue weighted by Crippen LogP contribution is 2.40. The minimum Gasteiger partial charge on any atom is -0.496 e. The molecule has 1 aliphatic rings. The van der Waals surface area contributed by atoms with Crippen LogP contribution in [0.1, 0.15) is 59.4 Å². The molecule has 4 rings (SSSR count). The summed E-state index contributed by atoms with van der Waals surface area (Å²) in [5.41, 5.74) is 4.73. The van der Waals surface area contributed by atoms with Gasteiger partial charge in [0.1, 0.15) is 17.3 Å². The second-order valence-corrected chi connectivity index (χ2v) is 8.25. The fourth-order valence-electron chi connectivity index (χ4n) is 4.67. The topological polar surface area (TPSA) is 47.3 Å². The highest BCUT2D eigenvalue weighted by molar-refractivity contribution is 5.42. The summed E-state index contributed by atoms with van der Waals surface area (Å²) >= 11 is 0. The first-order valence-corrected chi connectivity index (χ1v) is 10.6. The zero-order valence-electron chi connectivity index (χ0n) is 17.9. The molecule has 1 aliphatic carbocycles. The first kappa shape index (κ1) is 20.6. The van der Waals surface area contributed by atoms with Crippen molar-refractivity contribution in [3.8, 4) is 5.75 Å². The Morgan fingerprint density at radius 2 is 1.90 bits per heavy atom. The highest BCUT2D eigenvalue weighted by Gasteiger charge is 2.37. The van der Waals surface area contributed by atoms with Crippen molar-refractivity contribution in [3.63, 3.8) is 0 Å². The number of hydrogen-bond acceptors (Lipinski definition) is 4. The van der Waals surface area contributed by atoms with Gasteiger partial charge in [-0.05, 0) is 49.9 Å². The van der Waals surface area contributed by atoms with Gasteiger partial charge >= 0.3 is 0 Å². The van der Waals surface area contributed by atoms with E-state index in [1.807, 2.05) is 32.0 Å². The van der Waals surface area contributed by atoms with Gasteiger partial charge in [0.25, 0.3) is 0 Å². The molecule has 0 radical (unpaired) electrons. The average Bonchev–Trinajstić information content (AvgIpc) is 3.36. The van der Waals surface area contributed by atoms with Crippen LogP contribution in [0.4, 0.5) is 4.39 Å². The summed E-state index contributed by atoms with van der Waals surface area (Å²) < 4.78 is 25.5. The van der Waals surface area contributed by atoms with Gasteiger partial charge < -0.3 is 14.6 Å². The molecule has 0 saturated heterocycles. The van der Waals surface area contributed by atoms with E-state index < -0.39 is 0 Å². The molecule has 0 atom stereocenters. The Kier molecular flexibility index (Phi) is 5.91. The maximum absolute atomic E-state index is 14.6. The van der Waals surface area contributed by atoms with Gasteiger partial charge in [0.15, 0.2) is 0 Å². The van der Waals surface area contributed by atoms with E-state index in [1.54, 1.807) is 19.2 Å². The summed E-state index contributed by atoms with van der Waals surface area (Å²) in [6.07, 6.45) is 4.84. The predicted molar refractivity (Wildman–Crippen MR) is 115 cm³/mol. The molecule has 4 nitrogen and oxygen atoms in total. The van der Waals surface area contributed by atoms with E-state index in [9.17, 15) is 4.39 Å². The minimum absolute atomic E-state index is 0.124. The van der Waals surface area contributed by atoms with Crippen LogP contribution in [-0.2, 0) is 18.5 Å². The molecule has 0 unspecified atom stereocenters. The fourth-order valence-corrected chi connectivity index (χ4v) is 4.67. The van der Waals surface area contributed by atoms with Crippen molar-refractivity contribution in [1.82, 2.24) is 10.5 Å². The normalized spacial score (nSPS) is 15.5. The third kappa shape index (κ3) is 3.99. The van der Waals surface area contributed by atoms with Crippen LogP contribution in [0.25, 0.3) is 0 Å². The second kappa shape index (κ2) is 8.60. The third-order valence-corrected chi connectivity index (χ3v) is 6.37. The molecule has 0 spiro atoms. The van der Waals surface area contributed by atoms with Crippen molar-refractivity contribution in [2.45, 2.75) is 58.0 Å². The Balaban J connectivity index is 1.58. The maximum atomic E-state index is 14.6. The van der Waals surface area contributed by atoms with Gasteiger partial charge in [0.05, 0.1) is 12.8 Å².